The molecule has 2 atom stereocenters. The number of aliphatic hydroxyl groups excluding tert-OH is 3. The van der Waals surface area contributed by atoms with Crippen LogP contribution in [0.2, 0.25) is 0 Å². The maximum Gasteiger partial charge on any atom is 0.330 e. The Hall–Kier alpha value is -1.24. The number of carbonyl (C=O) groups is 2. The first-order valence-corrected chi connectivity index (χ1v) is 3.81. The molecule has 0 spiro atoms. The summed E-state index contributed by atoms with van der Waals surface area (Å²) in [6.45, 7) is 1.69. The second-order valence-corrected chi connectivity index (χ2v) is 2.47. The molecule has 0 fully saturated rings. The van der Waals surface area contributed by atoms with Crippen LogP contribution in [0.25, 0.3) is 0 Å². The van der Waals surface area contributed by atoms with Gasteiger partial charge in [-0.25, -0.2) is 4.79 Å². The maximum absolute atomic E-state index is 10.9. The highest BCUT2D eigenvalue weighted by atomic mass is 16.5. The SMILES string of the molecule is C=CC(=O)OCC(=O)[C@@H](O)[C@H](O)CO. The number of ketones is 1. The zero-order valence-electron chi connectivity index (χ0n) is 7.42. The Morgan fingerprint density at radius 3 is 2.43 bits per heavy atom. The first-order valence-electron chi connectivity index (χ1n) is 3.81. The van der Waals surface area contributed by atoms with E-state index < -0.39 is 37.2 Å². The van der Waals surface area contributed by atoms with E-state index in [-0.39, 0.29) is 0 Å². The van der Waals surface area contributed by atoms with E-state index in [1.807, 2.05) is 0 Å². The second kappa shape index (κ2) is 6.25. The minimum atomic E-state index is -1.75. The van der Waals surface area contributed by atoms with Crippen molar-refractivity contribution in [1.29, 1.82) is 0 Å². The van der Waals surface area contributed by atoms with Gasteiger partial charge in [0.05, 0.1) is 6.61 Å². The van der Waals surface area contributed by atoms with Gasteiger partial charge in [0.15, 0.2) is 6.61 Å². The number of Topliss-reactive ketones (excluding diaryl/α,β-unsaturated/α-hetero) is 1. The monoisotopic (exact) mass is 204 g/mol. The molecule has 0 saturated carbocycles. The van der Waals surface area contributed by atoms with Crippen LogP contribution in [0.1, 0.15) is 0 Å². The Balaban J connectivity index is 3.95. The van der Waals surface area contributed by atoms with Crippen LogP contribution in [-0.4, -0.2) is 52.5 Å². The summed E-state index contributed by atoms with van der Waals surface area (Å²) in [4.78, 5) is 21.4. The highest BCUT2D eigenvalue weighted by Crippen LogP contribution is 1.95. The third-order valence-corrected chi connectivity index (χ3v) is 1.40. The third kappa shape index (κ3) is 4.13. The summed E-state index contributed by atoms with van der Waals surface area (Å²) in [5.74, 6) is -1.69. The summed E-state index contributed by atoms with van der Waals surface area (Å²) >= 11 is 0. The molecule has 0 bridgehead atoms. The van der Waals surface area contributed by atoms with Gasteiger partial charge in [-0.3, -0.25) is 4.79 Å². The summed E-state index contributed by atoms with van der Waals surface area (Å²) in [6.07, 6.45) is -2.45. The van der Waals surface area contributed by atoms with Crippen molar-refractivity contribution in [2.45, 2.75) is 12.2 Å². The molecule has 0 saturated heterocycles. The van der Waals surface area contributed by atoms with Gasteiger partial charge >= 0.3 is 5.97 Å². The second-order valence-electron chi connectivity index (χ2n) is 2.47. The van der Waals surface area contributed by atoms with Crippen molar-refractivity contribution in [2.75, 3.05) is 13.2 Å². The molecule has 0 unspecified atom stereocenters. The average molecular weight is 204 g/mol. The first-order chi connectivity index (χ1) is 6.52. The standard InChI is InChI=1S/C8H12O6/c1-2-7(12)14-4-6(11)8(13)5(10)3-9/h2,5,8-10,13H,1,3-4H2/t5-,8+/m1/s1. The van der Waals surface area contributed by atoms with E-state index >= 15 is 0 Å². The third-order valence-electron chi connectivity index (χ3n) is 1.40. The molecule has 0 amide bonds. The summed E-state index contributed by atoms with van der Waals surface area (Å²) in [5, 5.41) is 26.2. The number of ether oxygens (including phenoxy) is 1. The van der Waals surface area contributed by atoms with E-state index in [0.29, 0.717) is 0 Å². The summed E-state index contributed by atoms with van der Waals surface area (Å²) in [5.41, 5.74) is 0. The fourth-order valence-electron chi connectivity index (χ4n) is 0.601. The minimum Gasteiger partial charge on any atom is -0.454 e. The minimum absolute atomic E-state index is 0.664. The summed E-state index contributed by atoms with van der Waals surface area (Å²) < 4.78 is 4.31. The Bertz CT molecular complexity index is 224. The molecular weight excluding hydrogens is 192 g/mol. The zero-order chi connectivity index (χ0) is 11.1. The number of hydrogen-bond acceptors (Lipinski definition) is 6. The average Bonchev–Trinajstić information content (AvgIpc) is 2.22. The molecule has 0 aromatic heterocycles. The number of esters is 1. The molecule has 3 N–H and O–H groups in total. The van der Waals surface area contributed by atoms with Gasteiger partial charge in [-0.15, -0.1) is 0 Å². The lowest BCUT2D eigenvalue weighted by molar-refractivity contribution is -0.149. The Morgan fingerprint density at radius 2 is 2.00 bits per heavy atom. The van der Waals surface area contributed by atoms with Gasteiger partial charge in [-0.05, 0) is 0 Å². The topological polar surface area (TPSA) is 104 Å². The van der Waals surface area contributed by atoms with E-state index in [1.54, 1.807) is 0 Å². The molecule has 0 aliphatic heterocycles. The maximum atomic E-state index is 10.9. The lowest BCUT2D eigenvalue weighted by Gasteiger charge is -2.13. The van der Waals surface area contributed by atoms with Crippen LogP contribution >= 0.6 is 0 Å². The normalized spacial score (nSPS) is 14.2. The lowest BCUT2D eigenvalue weighted by atomic mass is 10.1. The number of aliphatic hydroxyl groups is 3. The van der Waals surface area contributed by atoms with Crippen LogP contribution in [0.5, 0.6) is 0 Å². The van der Waals surface area contributed by atoms with Gasteiger partial charge in [-0.1, -0.05) is 6.58 Å². The molecule has 6 heteroatoms. The zero-order valence-corrected chi connectivity index (χ0v) is 7.42. The van der Waals surface area contributed by atoms with E-state index in [0.717, 1.165) is 6.08 Å². The fourth-order valence-corrected chi connectivity index (χ4v) is 0.601. The van der Waals surface area contributed by atoms with Crippen molar-refractivity contribution in [3.63, 3.8) is 0 Å². The van der Waals surface area contributed by atoms with Crippen molar-refractivity contribution in [3.05, 3.63) is 12.7 Å². The molecule has 0 aliphatic rings. The largest absolute Gasteiger partial charge is 0.454 e. The van der Waals surface area contributed by atoms with Crippen LogP contribution in [0.15, 0.2) is 12.7 Å². The van der Waals surface area contributed by atoms with Crippen molar-refractivity contribution in [3.8, 4) is 0 Å². The Labute approximate surface area is 80.4 Å². The van der Waals surface area contributed by atoms with Crippen LogP contribution in [-0.2, 0) is 14.3 Å². The first kappa shape index (κ1) is 12.8. The van der Waals surface area contributed by atoms with Crippen LogP contribution in [0.4, 0.5) is 0 Å². The van der Waals surface area contributed by atoms with Crippen molar-refractivity contribution >= 4 is 11.8 Å². The number of carbonyl (C=O) groups excluding carboxylic acids is 2. The number of hydrogen-bond donors (Lipinski definition) is 3. The highest BCUT2D eigenvalue weighted by Gasteiger charge is 2.23. The molecule has 0 heterocycles. The molecule has 14 heavy (non-hydrogen) atoms. The highest BCUT2D eigenvalue weighted by molar-refractivity contribution is 5.88. The Kier molecular flexibility index (Phi) is 5.70. The van der Waals surface area contributed by atoms with E-state index in [4.69, 9.17) is 15.3 Å². The van der Waals surface area contributed by atoms with Crippen LogP contribution in [0, 0.1) is 0 Å². The molecule has 0 aliphatic carbocycles. The molecule has 6 nitrogen and oxygen atoms in total. The lowest BCUT2D eigenvalue weighted by Crippen LogP contribution is -2.38. The van der Waals surface area contributed by atoms with Crippen LogP contribution in [0.3, 0.4) is 0 Å². The van der Waals surface area contributed by atoms with Crippen LogP contribution < -0.4 is 0 Å². The van der Waals surface area contributed by atoms with E-state index in [2.05, 4.69) is 11.3 Å². The summed E-state index contributed by atoms with van der Waals surface area (Å²) in [7, 11) is 0. The van der Waals surface area contributed by atoms with E-state index in [9.17, 15) is 9.59 Å². The van der Waals surface area contributed by atoms with Gasteiger partial charge in [0.25, 0.3) is 0 Å². The van der Waals surface area contributed by atoms with Gasteiger partial charge in [0, 0.05) is 6.08 Å². The smallest absolute Gasteiger partial charge is 0.330 e. The summed E-state index contributed by atoms with van der Waals surface area (Å²) in [6, 6.07) is 0. The molecule has 0 rings (SSSR count). The van der Waals surface area contributed by atoms with Crippen molar-refractivity contribution in [1.82, 2.24) is 0 Å². The van der Waals surface area contributed by atoms with Gasteiger partial charge in [-0.2, -0.15) is 0 Å². The predicted molar refractivity (Wildman–Crippen MR) is 45.3 cm³/mol. The molecule has 0 radical (unpaired) electrons. The van der Waals surface area contributed by atoms with Gasteiger partial charge < -0.3 is 20.1 Å². The molecule has 80 valence electrons. The van der Waals surface area contributed by atoms with Gasteiger partial charge in [0.2, 0.25) is 5.78 Å². The molecular formula is C8H12O6. The molecule has 0 aromatic rings. The van der Waals surface area contributed by atoms with Gasteiger partial charge in [0.1, 0.15) is 12.2 Å². The predicted octanol–water partition coefficient (Wildman–Crippen LogP) is -2.00. The molecule has 0 aromatic carbocycles. The van der Waals surface area contributed by atoms with Crippen molar-refractivity contribution in [2.24, 2.45) is 0 Å². The van der Waals surface area contributed by atoms with Crippen molar-refractivity contribution < 1.29 is 29.6 Å². The fraction of sp³-hybridized carbons (Fsp3) is 0.500. The van der Waals surface area contributed by atoms with E-state index in [1.165, 1.54) is 0 Å². The Morgan fingerprint density at radius 1 is 1.43 bits per heavy atom. The quantitative estimate of drug-likeness (QED) is 0.341. The number of rotatable bonds is 6.